The molecule has 1 heterocycles. The van der Waals surface area contributed by atoms with Gasteiger partial charge in [-0.15, -0.1) is 0 Å². The summed E-state index contributed by atoms with van der Waals surface area (Å²) in [5.41, 5.74) is 2.38. The second-order valence-corrected chi connectivity index (χ2v) is 5.92. The van der Waals surface area contributed by atoms with Crippen LogP contribution in [0.5, 0.6) is 5.75 Å². The Balaban J connectivity index is 1.69. The van der Waals surface area contributed by atoms with Gasteiger partial charge in [-0.05, 0) is 50.8 Å². The van der Waals surface area contributed by atoms with Crippen LogP contribution in [0.2, 0.25) is 0 Å². The highest BCUT2D eigenvalue weighted by Gasteiger charge is 2.08. The number of hydrogen-bond donors (Lipinski definition) is 1. The van der Waals surface area contributed by atoms with Gasteiger partial charge < -0.3 is 10.1 Å². The van der Waals surface area contributed by atoms with Crippen LogP contribution in [-0.4, -0.2) is 33.8 Å². The van der Waals surface area contributed by atoms with Gasteiger partial charge in [-0.1, -0.05) is 12.1 Å². The molecule has 1 aromatic carbocycles. The number of benzene rings is 1. The second kappa shape index (κ2) is 9.05. The zero-order valence-corrected chi connectivity index (χ0v) is 14.7. The van der Waals surface area contributed by atoms with Gasteiger partial charge in [0.05, 0.1) is 12.6 Å². The molecule has 2 aromatic rings. The third-order valence-corrected chi connectivity index (χ3v) is 3.89. The lowest BCUT2D eigenvalue weighted by atomic mass is 10.0. The number of rotatable bonds is 9. The van der Waals surface area contributed by atoms with Gasteiger partial charge in [0, 0.05) is 13.0 Å². The molecule has 0 aliphatic heterocycles. The minimum absolute atomic E-state index is 0.0737. The first-order valence-corrected chi connectivity index (χ1v) is 8.43. The molecule has 0 saturated heterocycles. The third-order valence-electron chi connectivity index (χ3n) is 3.89. The second-order valence-electron chi connectivity index (χ2n) is 5.92. The van der Waals surface area contributed by atoms with Crippen molar-refractivity contribution in [1.29, 1.82) is 0 Å². The van der Waals surface area contributed by atoms with Gasteiger partial charge in [0.1, 0.15) is 18.4 Å². The highest BCUT2D eigenvalue weighted by atomic mass is 16.5. The molecule has 6 nitrogen and oxygen atoms in total. The van der Waals surface area contributed by atoms with E-state index < -0.39 is 0 Å². The van der Waals surface area contributed by atoms with Crippen molar-refractivity contribution in [2.45, 2.75) is 46.1 Å². The van der Waals surface area contributed by atoms with Gasteiger partial charge in [0.2, 0.25) is 5.91 Å². The van der Waals surface area contributed by atoms with Gasteiger partial charge in [-0.2, -0.15) is 5.10 Å². The first kappa shape index (κ1) is 18.0. The molecule has 6 heteroatoms. The predicted octanol–water partition coefficient (Wildman–Crippen LogP) is 2.69. The molecule has 0 bridgehead atoms. The van der Waals surface area contributed by atoms with E-state index in [-0.39, 0.29) is 11.9 Å². The molecule has 0 radical (unpaired) electrons. The fraction of sp³-hybridized carbons (Fsp3) is 0.500. The number of nitrogens with zero attached hydrogens (tertiary/aromatic N) is 3. The van der Waals surface area contributed by atoms with E-state index in [1.54, 1.807) is 11.0 Å². The Bertz CT molecular complexity index is 640. The standard InChI is InChI=1S/C18H26N4O2/c1-4-24-17-9-8-16(10-14(17)2)6-5-7-18(23)20-11-15(3)22-13-19-12-21-22/h8-10,12-13,15H,4-7,11H2,1-3H3,(H,20,23)/t15-/m0/s1. The van der Waals surface area contributed by atoms with Crippen LogP contribution in [0, 0.1) is 6.92 Å². The van der Waals surface area contributed by atoms with E-state index in [9.17, 15) is 4.79 Å². The molecule has 0 saturated carbocycles. The summed E-state index contributed by atoms with van der Waals surface area (Å²) >= 11 is 0. The van der Waals surface area contributed by atoms with Crippen LogP contribution in [0.25, 0.3) is 0 Å². The van der Waals surface area contributed by atoms with Gasteiger partial charge in [-0.25, -0.2) is 9.67 Å². The van der Waals surface area contributed by atoms with Crippen molar-refractivity contribution < 1.29 is 9.53 Å². The fourth-order valence-electron chi connectivity index (χ4n) is 2.53. The Labute approximate surface area is 143 Å². The van der Waals surface area contributed by atoms with Gasteiger partial charge in [0.15, 0.2) is 0 Å². The molecule has 130 valence electrons. The van der Waals surface area contributed by atoms with Crippen molar-refractivity contribution in [2.24, 2.45) is 0 Å². The molecule has 2 rings (SSSR count). The molecule has 0 spiro atoms. The van der Waals surface area contributed by atoms with E-state index >= 15 is 0 Å². The van der Waals surface area contributed by atoms with E-state index in [1.165, 1.54) is 11.9 Å². The molecule has 1 atom stereocenters. The van der Waals surface area contributed by atoms with Crippen molar-refractivity contribution in [2.75, 3.05) is 13.2 Å². The van der Waals surface area contributed by atoms with E-state index in [0.29, 0.717) is 19.6 Å². The maximum absolute atomic E-state index is 11.9. The van der Waals surface area contributed by atoms with E-state index in [4.69, 9.17) is 4.74 Å². The maximum Gasteiger partial charge on any atom is 0.220 e. The molecule has 1 N–H and O–H groups in total. The van der Waals surface area contributed by atoms with Crippen molar-refractivity contribution >= 4 is 5.91 Å². The van der Waals surface area contributed by atoms with Crippen molar-refractivity contribution in [3.63, 3.8) is 0 Å². The average Bonchev–Trinajstić information content (AvgIpc) is 3.10. The molecule has 24 heavy (non-hydrogen) atoms. The number of aromatic nitrogens is 3. The van der Waals surface area contributed by atoms with Gasteiger partial charge >= 0.3 is 0 Å². The highest BCUT2D eigenvalue weighted by Crippen LogP contribution is 2.20. The first-order valence-electron chi connectivity index (χ1n) is 8.43. The number of hydrogen-bond acceptors (Lipinski definition) is 4. The van der Waals surface area contributed by atoms with Crippen molar-refractivity contribution in [3.05, 3.63) is 42.0 Å². The third kappa shape index (κ3) is 5.37. The SMILES string of the molecule is CCOc1ccc(CCCC(=O)NC[C@H](C)n2cncn2)cc1C. The van der Waals surface area contributed by atoms with Crippen molar-refractivity contribution in [1.82, 2.24) is 20.1 Å². The fourth-order valence-corrected chi connectivity index (χ4v) is 2.53. The number of aryl methyl sites for hydroxylation is 2. The average molecular weight is 330 g/mol. The lowest BCUT2D eigenvalue weighted by Crippen LogP contribution is -2.29. The quantitative estimate of drug-likeness (QED) is 0.767. The van der Waals surface area contributed by atoms with Crippen LogP contribution in [0.4, 0.5) is 0 Å². The Hall–Kier alpha value is -2.37. The molecule has 1 amide bonds. The monoisotopic (exact) mass is 330 g/mol. The predicted molar refractivity (Wildman–Crippen MR) is 93.0 cm³/mol. The number of ether oxygens (including phenoxy) is 1. The van der Waals surface area contributed by atoms with Crippen LogP contribution in [0.15, 0.2) is 30.9 Å². The molecular formula is C18H26N4O2. The van der Waals surface area contributed by atoms with Crippen LogP contribution >= 0.6 is 0 Å². The summed E-state index contributed by atoms with van der Waals surface area (Å²) < 4.78 is 7.28. The topological polar surface area (TPSA) is 69.0 Å². The Morgan fingerprint density at radius 2 is 2.25 bits per heavy atom. The summed E-state index contributed by atoms with van der Waals surface area (Å²) in [6, 6.07) is 6.32. The molecule has 1 aromatic heterocycles. The van der Waals surface area contributed by atoms with E-state index in [0.717, 1.165) is 24.2 Å². The van der Waals surface area contributed by atoms with Crippen LogP contribution in [-0.2, 0) is 11.2 Å². The summed E-state index contributed by atoms with van der Waals surface area (Å²) in [6.45, 7) is 7.26. The molecule has 0 fully saturated rings. The maximum atomic E-state index is 11.9. The van der Waals surface area contributed by atoms with E-state index in [2.05, 4.69) is 27.5 Å². The molecule has 0 aliphatic carbocycles. The minimum atomic E-state index is 0.0737. The smallest absolute Gasteiger partial charge is 0.220 e. The number of carbonyl (C=O) groups is 1. The molecular weight excluding hydrogens is 304 g/mol. The minimum Gasteiger partial charge on any atom is -0.494 e. The van der Waals surface area contributed by atoms with E-state index in [1.807, 2.05) is 26.8 Å². The number of amides is 1. The Morgan fingerprint density at radius 1 is 1.42 bits per heavy atom. The molecule has 0 aliphatic rings. The van der Waals surface area contributed by atoms with Gasteiger partial charge in [0.25, 0.3) is 0 Å². The summed E-state index contributed by atoms with van der Waals surface area (Å²) in [5.74, 6) is 1.01. The van der Waals surface area contributed by atoms with Crippen LogP contribution in [0.3, 0.4) is 0 Å². The normalized spacial score (nSPS) is 12.0. The summed E-state index contributed by atoms with van der Waals surface area (Å²) in [4.78, 5) is 15.8. The first-order chi connectivity index (χ1) is 11.6. The number of carbonyl (C=O) groups excluding carboxylic acids is 1. The number of nitrogens with one attached hydrogen (secondary N) is 1. The van der Waals surface area contributed by atoms with Crippen LogP contribution in [0.1, 0.15) is 43.9 Å². The Morgan fingerprint density at radius 3 is 2.92 bits per heavy atom. The lowest BCUT2D eigenvalue weighted by Gasteiger charge is -2.12. The zero-order chi connectivity index (χ0) is 17.4. The summed E-state index contributed by atoms with van der Waals surface area (Å²) in [5, 5.41) is 7.02. The Kier molecular flexibility index (Phi) is 6.78. The lowest BCUT2D eigenvalue weighted by molar-refractivity contribution is -0.121. The van der Waals surface area contributed by atoms with Crippen molar-refractivity contribution in [3.8, 4) is 5.75 Å². The molecule has 0 unspecified atom stereocenters. The zero-order valence-electron chi connectivity index (χ0n) is 14.7. The van der Waals surface area contributed by atoms with Gasteiger partial charge in [-0.3, -0.25) is 4.79 Å². The summed E-state index contributed by atoms with van der Waals surface area (Å²) in [6.07, 6.45) is 5.40. The largest absolute Gasteiger partial charge is 0.494 e. The highest BCUT2D eigenvalue weighted by molar-refractivity contribution is 5.75. The van der Waals surface area contributed by atoms with Crippen LogP contribution < -0.4 is 10.1 Å². The summed E-state index contributed by atoms with van der Waals surface area (Å²) in [7, 11) is 0.